The number of nitrogens with zero attached hydrogens (tertiary/aromatic N) is 3. The van der Waals surface area contributed by atoms with Crippen molar-refractivity contribution in [1.82, 2.24) is 9.78 Å². The molecule has 0 spiro atoms. The van der Waals surface area contributed by atoms with E-state index in [0.29, 0.717) is 13.2 Å². The summed E-state index contributed by atoms with van der Waals surface area (Å²) in [6.45, 7) is 7.75. The van der Waals surface area contributed by atoms with Gasteiger partial charge in [-0.25, -0.2) is 4.68 Å². The van der Waals surface area contributed by atoms with Gasteiger partial charge in [0.05, 0.1) is 11.4 Å². The molecule has 3 aromatic carbocycles. The predicted octanol–water partition coefficient (Wildman–Crippen LogP) is 6.36. The maximum absolute atomic E-state index is 5.79. The molecule has 4 aromatic rings. The summed E-state index contributed by atoms with van der Waals surface area (Å²) in [4.78, 5) is 4.75. The summed E-state index contributed by atoms with van der Waals surface area (Å²) in [7, 11) is 0. The molecule has 0 amide bonds. The van der Waals surface area contributed by atoms with Crippen molar-refractivity contribution in [2.45, 2.75) is 26.2 Å². The molecule has 5 rings (SSSR count). The Morgan fingerprint density at radius 2 is 1.61 bits per heavy atom. The lowest BCUT2D eigenvalue weighted by Gasteiger charge is -2.18. The van der Waals surface area contributed by atoms with E-state index >= 15 is 0 Å². The minimum atomic E-state index is 0.116. The van der Waals surface area contributed by atoms with Gasteiger partial charge in [-0.05, 0) is 53.4 Å². The summed E-state index contributed by atoms with van der Waals surface area (Å²) in [5.41, 5.74) is 6.02. The summed E-state index contributed by atoms with van der Waals surface area (Å²) < 4.78 is 13.4. The second kappa shape index (κ2) is 8.58. The lowest BCUT2D eigenvalue weighted by molar-refractivity contribution is 0.171. The molecule has 1 aromatic heterocycles. The highest BCUT2D eigenvalue weighted by molar-refractivity contribution is 5.90. The smallest absolute Gasteiger partial charge is 0.162 e. The van der Waals surface area contributed by atoms with E-state index in [1.165, 1.54) is 5.56 Å². The maximum Gasteiger partial charge on any atom is 0.162 e. The predicted molar refractivity (Wildman–Crippen MR) is 132 cm³/mol. The van der Waals surface area contributed by atoms with Crippen molar-refractivity contribution >= 4 is 11.9 Å². The Labute approximate surface area is 194 Å². The van der Waals surface area contributed by atoms with Crippen molar-refractivity contribution in [2.24, 2.45) is 4.99 Å². The fourth-order valence-corrected chi connectivity index (χ4v) is 3.80. The van der Waals surface area contributed by atoms with Gasteiger partial charge >= 0.3 is 0 Å². The number of aromatic nitrogens is 2. The van der Waals surface area contributed by atoms with Crippen molar-refractivity contribution in [3.8, 4) is 28.4 Å². The van der Waals surface area contributed by atoms with Gasteiger partial charge in [0.1, 0.15) is 18.9 Å². The maximum atomic E-state index is 5.79. The summed E-state index contributed by atoms with van der Waals surface area (Å²) in [5.74, 6) is 1.51. The molecule has 1 aliphatic heterocycles. The third-order valence-corrected chi connectivity index (χ3v) is 5.66. The van der Waals surface area contributed by atoms with Gasteiger partial charge in [-0.15, -0.1) is 0 Å². The van der Waals surface area contributed by atoms with Crippen molar-refractivity contribution < 1.29 is 9.47 Å². The van der Waals surface area contributed by atoms with Crippen LogP contribution in [0.3, 0.4) is 0 Å². The zero-order chi connectivity index (χ0) is 22.8. The number of para-hydroxylation sites is 1. The second-order valence-electron chi connectivity index (χ2n) is 9.13. The minimum Gasteiger partial charge on any atom is -0.486 e. The fraction of sp³-hybridized carbons (Fsp3) is 0.214. The first-order chi connectivity index (χ1) is 16.0. The molecular formula is C28H27N3O2. The topological polar surface area (TPSA) is 48.6 Å². The Morgan fingerprint density at radius 3 is 2.33 bits per heavy atom. The molecule has 5 heteroatoms. The molecule has 0 saturated carbocycles. The largest absolute Gasteiger partial charge is 0.486 e. The highest BCUT2D eigenvalue weighted by Gasteiger charge is 2.17. The first-order valence-corrected chi connectivity index (χ1v) is 11.2. The lowest BCUT2D eigenvalue weighted by Crippen LogP contribution is -2.15. The number of rotatable bonds is 4. The Hall–Kier alpha value is -3.86. The second-order valence-corrected chi connectivity index (χ2v) is 9.13. The van der Waals surface area contributed by atoms with Crippen molar-refractivity contribution in [2.75, 3.05) is 13.2 Å². The van der Waals surface area contributed by atoms with Crippen LogP contribution in [0.15, 0.2) is 84.0 Å². The van der Waals surface area contributed by atoms with Crippen LogP contribution in [0.25, 0.3) is 16.9 Å². The molecule has 0 aliphatic carbocycles. The van der Waals surface area contributed by atoms with Crippen molar-refractivity contribution in [3.05, 3.63) is 90.1 Å². The monoisotopic (exact) mass is 437 g/mol. The van der Waals surface area contributed by atoms with E-state index in [1.54, 1.807) is 0 Å². The Balaban J connectivity index is 1.53. The molecule has 0 atom stereocenters. The Bertz CT molecular complexity index is 1280. The summed E-state index contributed by atoms with van der Waals surface area (Å²) in [6, 6.07) is 24.4. The number of ether oxygens (including phenoxy) is 2. The minimum absolute atomic E-state index is 0.116. The van der Waals surface area contributed by atoms with Crippen LogP contribution in [0.1, 0.15) is 31.9 Å². The number of fused-ring (bicyclic) bond motifs is 1. The van der Waals surface area contributed by atoms with Crippen LogP contribution < -0.4 is 9.47 Å². The molecular weight excluding hydrogens is 410 g/mol. The van der Waals surface area contributed by atoms with E-state index in [0.717, 1.165) is 39.7 Å². The van der Waals surface area contributed by atoms with Gasteiger partial charge in [0.25, 0.3) is 0 Å². The van der Waals surface area contributed by atoms with E-state index in [2.05, 4.69) is 45.0 Å². The van der Waals surface area contributed by atoms with Crippen LogP contribution in [0, 0.1) is 0 Å². The Kier molecular flexibility index (Phi) is 5.47. The van der Waals surface area contributed by atoms with Crippen LogP contribution >= 0.6 is 0 Å². The van der Waals surface area contributed by atoms with E-state index < -0.39 is 0 Å². The number of hydrogen-bond acceptors (Lipinski definition) is 4. The van der Waals surface area contributed by atoms with Gasteiger partial charge < -0.3 is 9.47 Å². The van der Waals surface area contributed by atoms with Crippen LogP contribution in [-0.4, -0.2) is 29.2 Å². The molecule has 0 fully saturated rings. The van der Waals surface area contributed by atoms with Crippen LogP contribution in [0.5, 0.6) is 11.5 Å². The van der Waals surface area contributed by atoms with Crippen molar-refractivity contribution in [3.63, 3.8) is 0 Å². The molecule has 166 valence electrons. The lowest BCUT2D eigenvalue weighted by atomic mass is 9.87. The normalized spacial score (nSPS) is 13.4. The van der Waals surface area contributed by atoms with Gasteiger partial charge in [0, 0.05) is 23.5 Å². The van der Waals surface area contributed by atoms with Gasteiger partial charge in [0.2, 0.25) is 0 Å². The number of benzene rings is 3. The molecule has 5 nitrogen and oxygen atoms in total. The first-order valence-electron chi connectivity index (χ1n) is 11.2. The van der Waals surface area contributed by atoms with Gasteiger partial charge in [-0.3, -0.25) is 4.99 Å². The fourth-order valence-electron chi connectivity index (χ4n) is 3.80. The zero-order valence-corrected chi connectivity index (χ0v) is 19.2. The molecule has 0 unspecified atom stereocenters. The molecule has 33 heavy (non-hydrogen) atoms. The average molecular weight is 438 g/mol. The number of aliphatic imine (C=N–C) groups is 1. The SMILES string of the molecule is CC(C)(C)c1ccc(N=Cc2cn(-c3ccccc3)nc2-c2ccc3c(c2)OCCO3)cc1. The highest BCUT2D eigenvalue weighted by atomic mass is 16.6. The standard InChI is InChI=1S/C28H27N3O2/c1-28(2,3)22-10-12-23(13-11-22)29-18-21-19-31(24-7-5-4-6-8-24)30-27(21)20-9-14-25-26(17-20)33-16-15-32-25/h4-14,17-19H,15-16H2,1-3H3. The van der Waals surface area contributed by atoms with E-state index in [1.807, 2.05) is 65.6 Å². The van der Waals surface area contributed by atoms with Gasteiger partial charge in [0.15, 0.2) is 11.5 Å². The molecule has 1 aliphatic rings. The third-order valence-electron chi connectivity index (χ3n) is 5.66. The Morgan fingerprint density at radius 1 is 0.879 bits per heavy atom. The van der Waals surface area contributed by atoms with Gasteiger partial charge in [-0.2, -0.15) is 5.10 Å². The van der Waals surface area contributed by atoms with E-state index in [4.69, 9.17) is 19.6 Å². The molecule has 0 saturated heterocycles. The quantitative estimate of drug-likeness (QED) is 0.349. The first kappa shape index (κ1) is 21.0. The van der Waals surface area contributed by atoms with Crippen molar-refractivity contribution in [1.29, 1.82) is 0 Å². The molecule has 0 N–H and O–H groups in total. The van der Waals surface area contributed by atoms with E-state index in [9.17, 15) is 0 Å². The molecule has 2 heterocycles. The van der Waals surface area contributed by atoms with Gasteiger partial charge in [-0.1, -0.05) is 51.1 Å². The summed E-state index contributed by atoms with van der Waals surface area (Å²) in [6.07, 6.45) is 3.89. The average Bonchev–Trinajstić information content (AvgIpc) is 3.27. The third kappa shape index (κ3) is 4.53. The summed E-state index contributed by atoms with van der Waals surface area (Å²) >= 11 is 0. The molecule has 0 bridgehead atoms. The van der Waals surface area contributed by atoms with Crippen LogP contribution in [0.4, 0.5) is 5.69 Å². The number of hydrogen-bond donors (Lipinski definition) is 0. The van der Waals surface area contributed by atoms with E-state index in [-0.39, 0.29) is 5.41 Å². The van der Waals surface area contributed by atoms with Crippen LogP contribution in [0.2, 0.25) is 0 Å². The summed E-state index contributed by atoms with van der Waals surface area (Å²) in [5, 5.41) is 4.89. The van der Waals surface area contributed by atoms with Crippen LogP contribution in [-0.2, 0) is 5.41 Å². The highest BCUT2D eigenvalue weighted by Crippen LogP contribution is 2.35. The molecule has 0 radical (unpaired) electrons. The zero-order valence-electron chi connectivity index (χ0n) is 19.2.